The molecule has 0 aromatic heterocycles. The Bertz CT molecular complexity index is 982. The summed E-state index contributed by atoms with van der Waals surface area (Å²) >= 11 is 0. The molecule has 1 spiro atoms. The van der Waals surface area contributed by atoms with Crippen LogP contribution in [0.4, 0.5) is 5.69 Å². The second-order valence-electron chi connectivity index (χ2n) is 10.4. The molecule has 4 rings (SSSR count). The first kappa shape index (κ1) is 26.4. The van der Waals surface area contributed by atoms with Gasteiger partial charge in [0.25, 0.3) is 0 Å². The first-order chi connectivity index (χ1) is 17.2. The van der Waals surface area contributed by atoms with E-state index in [2.05, 4.69) is 10.6 Å². The van der Waals surface area contributed by atoms with Gasteiger partial charge in [-0.2, -0.15) is 0 Å². The van der Waals surface area contributed by atoms with Crippen LogP contribution in [-0.2, 0) is 19.1 Å². The molecule has 2 unspecified atom stereocenters. The van der Waals surface area contributed by atoms with Gasteiger partial charge in [-0.05, 0) is 77.1 Å². The Morgan fingerprint density at radius 1 is 1.17 bits per heavy atom. The maximum Gasteiger partial charge on any atom is 0.246 e. The average Bonchev–Trinajstić information content (AvgIpc) is 3.44. The van der Waals surface area contributed by atoms with E-state index >= 15 is 0 Å². The van der Waals surface area contributed by atoms with E-state index in [1.165, 1.54) is 0 Å². The largest absolute Gasteiger partial charge is 0.494 e. The van der Waals surface area contributed by atoms with Crippen LogP contribution in [0.1, 0.15) is 59.8 Å². The molecule has 5 atom stereocenters. The summed E-state index contributed by atoms with van der Waals surface area (Å²) in [6.45, 7) is 8.55. The maximum atomic E-state index is 13.9. The highest BCUT2D eigenvalue weighted by atomic mass is 16.5. The molecule has 3 N–H and O–H groups in total. The van der Waals surface area contributed by atoms with Crippen molar-refractivity contribution in [3.63, 3.8) is 0 Å². The second-order valence-corrected chi connectivity index (χ2v) is 10.4. The summed E-state index contributed by atoms with van der Waals surface area (Å²) in [6, 6.07) is 6.25. The van der Waals surface area contributed by atoms with Crippen LogP contribution < -0.4 is 15.4 Å². The number of fused-ring (bicyclic) bond motifs is 1. The van der Waals surface area contributed by atoms with Crippen molar-refractivity contribution in [2.75, 3.05) is 25.1 Å². The summed E-state index contributed by atoms with van der Waals surface area (Å²) in [4.78, 5) is 42.7. The number of carbonyl (C=O) groups excluding carboxylic acids is 3. The number of ether oxygens (including phenoxy) is 2. The summed E-state index contributed by atoms with van der Waals surface area (Å²) in [5, 5.41) is 15.2. The maximum absolute atomic E-state index is 13.9. The normalized spacial score (nSPS) is 30.6. The number of rotatable bonds is 11. The van der Waals surface area contributed by atoms with E-state index in [4.69, 9.17) is 9.47 Å². The number of benzene rings is 1. The van der Waals surface area contributed by atoms with Crippen molar-refractivity contribution in [3.8, 4) is 5.75 Å². The zero-order valence-electron chi connectivity index (χ0n) is 21.7. The number of hydrogen-bond acceptors (Lipinski definition) is 6. The first-order valence-corrected chi connectivity index (χ1v) is 13.2. The van der Waals surface area contributed by atoms with Crippen molar-refractivity contribution < 1.29 is 29.0 Å². The fourth-order valence-electron chi connectivity index (χ4n) is 6.44. The number of amides is 3. The topological polar surface area (TPSA) is 117 Å². The minimum atomic E-state index is -1.04. The fraction of sp³-hybridized carbons (Fsp3) is 0.667. The number of likely N-dealkylation sites (tertiary alicyclic amines) is 1. The molecule has 0 saturated carbocycles. The van der Waals surface area contributed by atoms with E-state index < -0.39 is 29.1 Å². The molecular weight excluding hydrogens is 462 g/mol. The molecule has 3 amide bonds. The van der Waals surface area contributed by atoms with E-state index in [-0.39, 0.29) is 30.4 Å². The van der Waals surface area contributed by atoms with Crippen LogP contribution in [0.25, 0.3) is 0 Å². The van der Waals surface area contributed by atoms with Crippen LogP contribution in [0.2, 0.25) is 0 Å². The molecule has 1 aromatic rings. The van der Waals surface area contributed by atoms with Crippen LogP contribution in [0.5, 0.6) is 5.75 Å². The van der Waals surface area contributed by atoms with Gasteiger partial charge in [0.2, 0.25) is 17.7 Å². The van der Waals surface area contributed by atoms with Gasteiger partial charge in [-0.3, -0.25) is 14.4 Å². The summed E-state index contributed by atoms with van der Waals surface area (Å²) in [5.74, 6) is -1.44. The summed E-state index contributed by atoms with van der Waals surface area (Å²) in [5.41, 5.74) is -1.21. The number of nitrogens with one attached hydrogen (secondary N) is 2. The molecule has 9 nitrogen and oxygen atoms in total. The highest BCUT2D eigenvalue weighted by molar-refractivity contribution is 6.02. The molecule has 36 heavy (non-hydrogen) atoms. The lowest BCUT2D eigenvalue weighted by molar-refractivity contribution is -0.146. The molecule has 0 aliphatic carbocycles. The Balaban J connectivity index is 1.66. The quantitative estimate of drug-likeness (QED) is 0.401. The van der Waals surface area contributed by atoms with E-state index in [1.54, 1.807) is 29.2 Å². The number of nitrogens with zero attached hydrogens (tertiary/aromatic N) is 1. The zero-order chi connectivity index (χ0) is 26.1. The molecule has 3 heterocycles. The summed E-state index contributed by atoms with van der Waals surface area (Å²) in [6.07, 6.45) is 2.84. The van der Waals surface area contributed by atoms with Crippen LogP contribution in [0.3, 0.4) is 0 Å². The minimum absolute atomic E-state index is 0.0159. The predicted octanol–water partition coefficient (Wildman–Crippen LogP) is 2.48. The third kappa shape index (κ3) is 4.36. The predicted molar refractivity (Wildman–Crippen MR) is 134 cm³/mol. The Morgan fingerprint density at radius 3 is 2.50 bits per heavy atom. The van der Waals surface area contributed by atoms with E-state index in [9.17, 15) is 19.5 Å². The first-order valence-electron chi connectivity index (χ1n) is 13.2. The van der Waals surface area contributed by atoms with Crippen molar-refractivity contribution in [1.29, 1.82) is 0 Å². The molecule has 9 heteroatoms. The highest BCUT2D eigenvalue weighted by Gasteiger charge is 2.78. The van der Waals surface area contributed by atoms with Crippen LogP contribution in [-0.4, -0.2) is 70.8 Å². The van der Waals surface area contributed by atoms with Gasteiger partial charge >= 0.3 is 0 Å². The van der Waals surface area contributed by atoms with Crippen LogP contribution >= 0.6 is 0 Å². The van der Waals surface area contributed by atoms with Crippen molar-refractivity contribution in [3.05, 3.63) is 24.3 Å². The third-order valence-corrected chi connectivity index (χ3v) is 7.88. The van der Waals surface area contributed by atoms with Gasteiger partial charge in [0.1, 0.15) is 17.4 Å². The van der Waals surface area contributed by atoms with E-state index in [1.807, 2.05) is 27.7 Å². The molecule has 3 saturated heterocycles. The van der Waals surface area contributed by atoms with Gasteiger partial charge in [-0.1, -0.05) is 6.92 Å². The molecular formula is C27H39N3O6. The van der Waals surface area contributed by atoms with Gasteiger partial charge in [-0.15, -0.1) is 0 Å². The van der Waals surface area contributed by atoms with Crippen LogP contribution in [0.15, 0.2) is 24.3 Å². The number of anilines is 1. The lowest BCUT2D eigenvalue weighted by Crippen LogP contribution is -2.56. The molecule has 0 radical (unpaired) electrons. The molecule has 3 fully saturated rings. The molecule has 3 aliphatic heterocycles. The minimum Gasteiger partial charge on any atom is -0.494 e. The van der Waals surface area contributed by atoms with Crippen molar-refractivity contribution >= 4 is 23.4 Å². The lowest BCUT2D eigenvalue weighted by atomic mass is 9.65. The SMILES string of the molecule is CCOc1ccc(NC(=O)[C@H]2[C@H]3C(=O)N(CCCCO)C(C(=O)NC(C)C)C34CC[C@]2(CC)O4)cc1. The lowest BCUT2D eigenvalue weighted by Gasteiger charge is -2.34. The molecule has 2 bridgehead atoms. The third-order valence-electron chi connectivity index (χ3n) is 7.88. The van der Waals surface area contributed by atoms with E-state index in [0.717, 1.165) is 0 Å². The number of unbranched alkanes of at least 4 members (excludes halogenated alkanes) is 1. The number of aliphatic hydroxyl groups excluding tert-OH is 1. The Hall–Kier alpha value is -2.65. The standard InChI is InChI=1S/C27H39N3O6/c1-5-26-13-14-27(36-26)21(20(26)23(32)29-18-9-11-19(12-10-18)35-6-2)25(34)30(15-7-8-16-31)22(27)24(33)28-17(3)4/h9-12,17,20-22,31H,5-8,13-16H2,1-4H3,(H,28,33)(H,29,32)/t20-,21+,22?,26+,27?/m1/s1. The zero-order valence-corrected chi connectivity index (χ0v) is 21.7. The molecule has 3 aliphatic rings. The van der Waals surface area contributed by atoms with Crippen molar-refractivity contribution in [2.24, 2.45) is 11.8 Å². The molecule has 198 valence electrons. The van der Waals surface area contributed by atoms with E-state index in [0.29, 0.717) is 56.7 Å². The second kappa shape index (κ2) is 10.4. The molecule has 1 aromatic carbocycles. The van der Waals surface area contributed by atoms with Gasteiger partial charge < -0.3 is 30.1 Å². The van der Waals surface area contributed by atoms with Crippen molar-refractivity contribution in [1.82, 2.24) is 10.2 Å². The van der Waals surface area contributed by atoms with Gasteiger partial charge in [0.05, 0.1) is 24.0 Å². The Kier molecular flexibility index (Phi) is 7.61. The smallest absolute Gasteiger partial charge is 0.246 e. The number of hydrogen-bond donors (Lipinski definition) is 3. The highest BCUT2D eigenvalue weighted by Crippen LogP contribution is 2.64. The van der Waals surface area contributed by atoms with Gasteiger partial charge in [0.15, 0.2) is 0 Å². The summed E-state index contributed by atoms with van der Waals surface area (Å²) in [7, 11) is 0. The Morgan fingerprint density at radius 2 is 1.89 bits per heavy atom. The van der Waals surface area contributed by atoms with Crippen LogP contribution in [0, 0.1) is 11.8 Å². The average molecular weight is 502 g/mol. The monoisotopic (exact) mass is 501 g/mol. The number of carbonyl (C=O) groups is 3. The van der Waals surface area contributed by atoms with Crippen molar-refractivity contribution in [2.45, 2.75) is 83.1 Å². The Labute approximate surface area is 212 Å². The van der Waals surface area contributed by atoms with Gasteiger partial charge in [-0.25, -0.2) is 0 Å². The summed E-state index contributed by atoms with van der Waals surface area (Å²) < 4.78 is 12.2. The number of aliphatic hydroxyl groups is 1. The van der Waals surface area contributed by atoms with Gasteiger partial charge in [0, 0.05) is 24.9 Å². The fourth-order valence-corrected chi connectivity index (χ4v) is 6.44.